The topological polar surface area (TPSA) is 144 Å². The summed E-state index contributed by atoms with van der Waals surface area (Å²) in [7, 11) is 1.73. The van der Waals surface area contributed by atoms with Crippen LogP contribution in [0, 0.1) is 29.6 Å². The van der Waals surface area contributed by atoms with Crippen molar-refractivity contribution in [3.8, 4) is 18.1 Å². The van der Waals surface area contributed by atoms with Gasteiger partial charge in [0.15, 0.2) is 11.6 Å². The number of azo groups is 1. The number of nitriles is 2. The Hall–Kier alpha value is -4.38. The predicted octanol–water partition coefficient (Wildman–Crippen LogP) is 3.17. The van der Waals surface area contributed by atoms with Crippen LogP contribution in [0.15, 0.2) is 34.9 Å². The van der Waals surface area contributed by atoms with Crippen molar-refractivity contribution in [1.82, 2.24) is 24.7 Å². The van der Waals surface area contributed by atoms with Gasteiger partial charge in [0.05, 0.1) is 11.8 Å². The van der Waals surface area contributed by atoms with Gasteiger partial charge in [0.1, 0.15) is 29.2 Å². The number of hydrogen-bond acceptors (Lipinski definition) is 10. The molecular weight excluding hydrogens is 394 g/mol. The average molecular weight is 413 g/mol. The van der Waals surface area contributed by atoms with Crippen LogP contribution in [0.3, 0.4) is 0 Å². The Bertz CT molecular complexity index is 1210. The van der Waals surface area contributed by atoms with Crippen LogP contribution in [0.25, 0.3) is 5.95 Å². The highest BCUT2D eigenvalue weighted by Crippen LogP contribution is 2.38. The molecule has 0 spiro atoms. The van der Waals surface area contributed by atoms with Gasteiger partial charge in [-0.25, -0.2) is 15.0 Å². The first-order valence-electron chi connectivity index (χ1n) is 9.72. The van der Waals surface area contributed by atoms with Gasteiger partial charge >= 0.3 is 0 Å². The first kappa shape index (κ1) is 19.9. The molecule has 0 aromatic carbocycles. The molecule has 1 N–H and O–H groups in total. The highest BCUT2D eigenvalue weighted by molar-refractivity contribution is 5.75. The molecule has 0 amide bonds. The normalized spacial score (nSPS) is 13.4. The van der Waals surface area contributed by atoms with E-state index in [1.165, 1.54) is 10.9 Å². The fourth-order valence-electron chi connectivity index (χ4n) is 3.43. The molecule has 1 aliphatic rings. The first-order valence-corrected chi connectivity index (χ1v) is 9.72. The van der Waals surface area contributed by atoms with Crippen molar-refractivity contribution >= 4 is 23.1 Å². The zero-order valence-corrected chi connectivity index (χ0v) is 17.1. The number of aromatic nitrogens is 5. The predicted molar refractivity (Wildman–Crippen MR) is 113 cm³/mol. The summed E-state index contributed by atoms with van der Waals surface area (Å²) in [4.78, 5) is 15.1. The smallest absolute Gasteiger partial charge is 0.252 e. The molecule has 1 fully saturated rings. The van der Waals surface area contributed by atoms with Crippen molar-refractivity contribution in [1.29, 1.82) is 10.5 Å². The summed E-state index contributed by atoms with van der Waals surface area (Å²) >= 11 is 0. The highest BCUT2D eigenvalue weighted by atomic mass is 15.4. The summed E-state index contributed by atoms with van der Waals surface area (Å²) in [5, 5.41) is 35.1. The number of nitrogens with zero attached hydrogens (tertiary/aromatic N) is 10. The molecule has 0 bridgehead atoms. The van der Waals surface area contributed by atoms with E-state index in [-0.39, 0.29) is 17.3 Å². The second kappa shape index (κ2) is 8.55. The van der Waals surface area contributed by atoms with Crippen LogP contribution >= 0.6 is 0 Å². The molecule has 4 rings (SSSR count). The zero-order valence-electron chi connectivity index (χ0n) is 17.1. The monoisotopic (exact) mass is 413 g/mol. The Labute approximate surface area is 178 Å². The summed E-state index contributed by atoms with van der Waals surface area (Å²) in [5.74, 6) is 1.64. The maximum atomic E-state index is 9.65. The fraction of sp³-hybridized carbons (Fsp3) is 0.300. The van der Waals surface area contributed by atoms with Gasteiger partial charge in [-0.1, -0.05) is 0 Å². The van der Waals surface area contributed by atoms with Crippen molar-refractivity contribution in [3.05, 3.63) is 41.3 Å². The van der Waals surface area contributed by atoms with Gasteiger partial charge < -0.3 is 10.2 Å². The van der Waals surface area contributed by atoms with E-state index in [2.05, 4.69) is 52.6 Å². The second-order valence-electron chi connectivity index (χ2n) is 6.84. The number of rotatable bonds is 5. The van der Waals surface area contributed by atoms with Crippen LogP contribution in [0.5, 0.6) is 0 Å². The largest absolute Gasteiger partial charge is 0.372 e. The van der Waals surface area contributed by atoms with E-state index in [0.717, 1.165) is 25.9 Å². The summed E-state index contributed by atoms with van der Waals surface area (Å²) in [6.45, 7) is 3.52. The highest BCUT2D eigenvalue weighted by Gasteiger charge is 2.23. The van der Waals surface area contributed by atoms with E-state index in [1.54, 1.807) is 25.5 Å². The molecular formula is C20H19N11. The molecule has 4 heterocycles. The van der Waals surface area contributed by atoms with Crippen LogP contribution in [-0.2, 0) is 0 Å². The van der Waals surface area contributed by atoms with Gasteiger partial charge in [-0.05, 0) is 25.8 Å². The Morgan fingerprint density at radius 1 is 1.10 bits per heavy atom. The van der Waals surface area contributed by atoms with Crippen LogP contribution in [0.2, 0.25) is 0 Å². The Morgan fingerprint density at radius 2 is 1.84 bits per heavy atom. The number of pyridine rings is 1. The lowest BCUT2D eigenvalue weighted by atomic mass is 10.1. The Balaban J connectivity index is 1.86. The summed E-state index contributed by atoms with van der Waals surface area (Å²) in [6, 6.07) is 5.94. The number of nitrogens with one attached hydrogen (secondary N) is 1. The molecule has 3 aromatic rings. The maximum Gasteiger partial charge on any atom is 0.252 e. The quantitative estimate of drug-likeness (QED) is 0.628. The van der Waals surface area contributed by atoms with Crippen LogP contribution < -0.4 is 10.2 Å². The van der Waals surface area contributed by atoms with Crippen molar-refractivity contribution in [2.45, 2.75) is 19.8 Å². The minimum Gasteiger partial charge on any atom is -0.372 e. The minimum atomic E-state index is 0.205. The molecule has 3 aromatic heterocycles. The molecule has 154 valence electrons. The van der Waals surface area contributed by atoms with Gasteiger partial charge in [0, 0.05) is 38.1 Å². The van der Waals surface area contributed by atoms with Crippen molar-refractivity contribution in [2.24, 2.45) is 10.2 Å². The van der Waals surface area contributed by atoms with Gasteiger partial charge in [0.25, 0.3) is 5.95 Å². The summed E-state index contributed by atoms with van der Waals surface area (Å²) in [6.07, 6.45) is 6.66. The molecule has 0 aliphatic carbocycles. The fourth-order valence-corrected chi connectivity index (χ4v) is 3.43. The molecule has 11 heteroatoms. The molecule has 0 atom stereocenters. The van der Waals surface area contributed by atoms with Crippen molar-refractivity contribution in [3.63, 3.8) is 0 Å². The van der Waals surface area contributed by atoms with E-state index < -0.39 is 0 Å². The average Bonchev–Trinajstić information content (AvgIpc) is 3.48. The second-order valence-corrected chi connectivity index (χ2v) is 6.84. The lowest BCUT2D eigenvalue weighted by molar-refractivity contribution is 0.802. The third-order valence-electron chi connectivity index (χ3n) is 5.00. The number of hydrogen-bond donors (Lipinski definition) is 1. The van der Waals surface area contributed by atoms with Gasteiger partial charge in [-0.3, -0.25) is 0 Å². The maximum absolute atomic E-state index is 9.65. The Morgan fingerprint density at radius 3 is 2.48 bits per heavy atom. The molecule has 1 aliphatic heterocycles. The minimum absolute atomic E-state index is 0.205. The van der Waals surface area contributed by atoms with Crippen molar-refractivity contribution in [2.75, 3.05) is 30.4 Å². The van der Waals surface area contributed by atoms with Crippen LogP contribution in [-0.4, -0.2) is 44.9 Å². The zero-order chi connectivity index (χ0) is 21.8. The van der Waals surface area contributed by atoms with E-state index >= 15 is 0 Å². The van der Waals surface area contributed by atoms with E-state index in [0.29, 0.717) is 28.5 Å². The molecule has 0 saturated carbocycles. The number of anilines is 2. The van der Waals surface area contributed by atoms with Crippen LogP contribution in [0.1, 0.15) is 29.5 Å². The molecule has 31 heavy (non-hydrogen) atoms. The molecule has 11 nitrogen and oxygen atoms in total. The molecule has 0 unspecified atom stereocenters. The standard InChI is InChI=1S/C20H19N11/c1-13-15(11-22)17(23-2)27-19(30-8-3-4-9-30)16(13)28-29-18-14(10-21)12-26-31(18)20-24-6-5-7-25-20/h5-7,12H,3-4,8-9H2,1-2H3,(H,23,27). The van der Waals surface area contributed by atoms with E-state index in [4.69, 9.17) is 0 Å². The molecule has 0 radical (unpaired) electrons. The van der Waals surface area contributed by atoms with E-state index in [9.17, 15) is 10.5 Å². The van der Waals surface area contributed by atoms with E-state index in [1.807, 2.05) is 6.92 Å². The summed E-state index contributed by atoms with van der Waals surface area (Å²) in [5.41, 5.74) is 1.78. The lowest BCUT2D eigenvalue weighted by Gasteiger charge is -2.21. The third kappa shape index (κ3) is 3.65. The Kier molecular flexibility index (Phi) is 5.49. The summed E-state index contributed by atoms with van der Waals surface area (Å²) < 4.78 is 1.35. The lowest BCUT2D eigenvalue weighted by Crippen LogP contribution is -2.20. The SMILES string of the molecule is CNc1nc(N2CCCC2)c(N=Nc2c(C#N)cnn2-c2ncccn2)c(C)c1C#N. The third-order valence-corrected chi connectivity index (χ3v) is 5.00. The van der Waals surface area contributed by atoms with Gasteiger partial charge in [-0.2, -0.15) is 20.3 Å². The first-order chi connectivity index (χ1) is 15.2. The van der Waals surface area contributed by atoms with Gasteiger partial charge in [-0.15, -0.1) is 10.2 Å². The van der Waals surface area contributed by atoms with Crippen LogP contribution in [0.4, 0.5) is 23.1 Å². The van der Waals surface area contributed by atoms with Crippen molar-refractivity contribution < 1.29 is 0 Å². The molecule has 1 saturated heterocycles. The van der Waals surface area contributed by atoms with Gasteiger partial charge in [0.2, 0.25) is 0 Å².